The molecular formula is C23H22N4O2. The van der Waals surface area contributed by atoms with Crippen molar-refractivity contribution in [2.75, 3.05) is 10.6 Å². The van der Waals surface area contributed by atoms with E-state index in [9.17, 15) is 4.79 Å². The van der Waals surface area contributed by atoms with Gasteiger partial charge in [0.05, 0.1) is 0 Å². The van der Waals surface area contributed by atoms with Crippen LogP contribution in [0.2, 0.25) is 0 Å². The Kier molecular flexibility index (Phi) is 4.39. The lowest BCUT2D eigenvalue weighted by molar-refractivity contribution is -0.116. The molecule has 2 aliphatic rings. The molecule has 0 saturated carbocycles. The molecule has 1 amide bonds. The number of carbonyl (C=O) groups is 1. The maximum Gasteiger partial charge on any atom is 0.318 e. The predicted octanol–water partition coefficient (Wildman–Crippen LogP) is 3.96. The van der Waals surface area contributed by atoms with Crippen molar-refractivity contribution in [1.29, 1.82) is 0 Å². The lowest BCUT2D eigenvalue weighted by Gasteiger charge is -2.18. The van der Waals surface area contributed by atoms with Crippen molar-refractivity contribution in [3.63, 3.8) is 0 Å². The normalized spacial score (nSPS) is 15.4. The number of carbonyl (C=O) groups excluding carboxylic acids is 1. The van der Waals surface area contributed by atoms with Crippen LogP contribution in [0.25, 0.3) is 0 Å². The first kappa shape index (κ1) is 17.7. The minimum absolute atomic E-state index is 0.0651. The van der Waals surface area contributed by atoms with Gasteiger partial charge in [0, 0.05) is 42.4 Å². The van der Waals surface area contributed by atoms with E-state index in [1.807, 2.05) is 19.1 Å². The molecule has 2 N–H and O–H groups in total. The van der Waals surface area contributed by atoms with E-state index in [-0.39, 0.29) is 12.0 Å². The van der Waals surface area contributed by atoms with Crippen LogP contribution in [0.3, 0.4) is 0 Å². The molecule has 3 aromatic rings. The fourth-order valence-electron chi connectivity index (χ4n) is 3.96. The fraction of sp³-hybridized carbons (Fsp3) is 0.261. The first-order valence-electron chi connectivity index (χ1n) is 9.91. The summed E-state index contributed by atoms with van der Waals surface area (Å²) in [6.07, 6.45) is 4.88. The van der Waals surface area contributed by atoms with Crippen LogP contribution in [-0.4, -0.2) is 22.0 Å². The number of rotatable bonds is 4. The van der Waals surface area contributed by atoms with E-state index in [0.717, 1.165) is 47.6 Å². The van der Waals surface area contributed by atoms with Crippen LogP contribution in [0.5, 0.6) is 6.01 Å². The second-order valence-electron chi connectivity index (χ2n) is 7.65. The molecule has 0 unspecified atom stereocenters. The summed E-state index contributed by atoms with van der Waals surface area (Å²) < 4.78 is 6.08. The Labute approximate surface area is 169 Å². The molecule has 1 aromatic heterocycles. The lowest BCUT2D eigenvalue weighted by atomic mass is 10.0. The van der Waals surface area contributed by atoms with Gasteiger partial charge in [-0.15, -0.1) is 0 Å². The number of anilines is 3. The van der Waals surface area contributed by atoms with E-state index in [4.69, 9.17) is 4.74 Å². The molecular weight excluding hydrogens is 364 g/mol. The number of aryl methyl sites for hydroxylation is 2. The van der Waals surface area contributed by atoms with Gasteiger partial charge in [0.2, 0.25) is 5.91 Å². The van der Waals surface area contributed by atoms with Gasteiger partial charge in [-0.2, -0.15) is 4.98 Å². The highest BCUT2D eigenvalue weighted by Gasteiger charge is 2.23. The third-order valence-electron chi connectivity index (χ3n) is 5.50. The Bertz CT molecular complexity index is 1070. The molecule has 0 atom stereocenters. The maximum absolute atomic E-state index is 11.5. The van der Waals surface area contributed by atoms with Crippen LogP contribution in [-0.2, 0) is 24.1 Å². The number of nitrogens with zero attached hydrogens (tertiary/aromatic N) is 2. The van der Waals surface area contributed by atoms with Crippen LogP contribution in [0.4, 0.5) is 17.2 Å². The zero-order chi connectivity index (χ0) is 19.8. The number of hydrogen-bond acceptors (Lipinski definition) is 5. The minimum atomic E-state index is 0.0651. The summed E-state index contributed by atoms with van der Waals surface area (Å²) >= 11 is 0. The fourth-order valence-corrected chi connectivity index (χ4v) is 3.96. The van der Waals surface area contributed by atoms with Crippen LogP contribution in [0.15, 0.2) is 48.7 Å². The summed E-state index contributed by atoms with van der Waals surface area (Å²) in [6.45, 7) is 1.97. The average molecular weight is 386 g/mol. The zero-order valence-corrected chi connectivity index (χ0v) is 16.2. The molecule has 5 rings (SSSR count). The van der Waals surface area contributed by atoms with Gasteiger partial charge < -0.3 is 15.4 Å². The molecule has 0 saturated heterocycles. The number of amides is 1. The van der Waals surface area contributed by atoms with Gasteiger partial charge in [-0.25, -0.2) is 4.98 Å². The molecule has 1 aliphatic heterocycles. The number of ether oxygens (including phenoxy) is 1. The Morgan fingerprint density at radius 3 is 2.66 bits per heavy atom. The number of fused-ring (bicyclic) bond motifs is 2. The Balaban J connectivity index is 1.32. The molecule has 2 aromatic carbocycles. The summed E-state index contributed by atoms with van der Waals surface area (Å²) in [7, 11) is 0. The summed E-state index contributed by atoms with van der Waals surface area (Å²) in [6, 6.07) is 14.8. The highest BCUT2D eigenvalue weighted by molar-refractivity contribution is 5.94. The summed E-state index contributed by atoms with van der Waals surface area (Å²) in [5.41, 5.74) is 6.56. The average Bonchev–Trinajstić information content (AvgIpc) is 3.13. The third kappa shape index (κ3) is 3.66. The lowest BCUT2D eigenvalue weighted by Crippen LogP contribution is -2.19. The number of benzene rings is 2. The van der Waals surface area contributed by atoms with Crippen LogP contribution in [0.1, 0.15) is 28.7 Å². The molecule has 146 valence electrons. The smallest absolute Gasteiger partial charge is 0.318 e. The van der Waals surface area contributed by atoms with Crippen molar-refractivity contribution in [2.24, 2.45) is 0 Å². The first-order chi connectivity index (χ1) is 14.1. The number of nitrogens with one attached hydrogen (secondary N) is 2. The SMILES string of the molecule is Cc1cnc(OC2Cc3ccccc3C2)nc1Nc1ccc2c(c1)CCC(=O)N2. The van der Waals surface area contributed by atoms with E-state index < -0.39 is 0 Å². The van der Waals surface area contributed by atoms with Gasteiger partial charge in [-0.05, 0) is 48.2 Å². The summed E-state index contributed by atoms with van der Waals surface area (Å²) in [5.74, 6) is 0.797. The van der Waals surface area contributed by atoms with E-state index >= 15 is 0 Å². The molecule has 0 spiro atoms. The van der Waals surface area contributed by atoms with Gasteiger partial charge in [0.1, 0.15) is 11.9 Å². The monoisotopic (exact) mass is 386 g/mol. The van der Waals surface area contributed by atoms with Crippen molar-refractivity contribution in [1.82, 2.24) is 9.97 Å². The van der Waals surface area contributed by atoms with Gasteiger partial charge >= 0.3 is 6.01 Å². The van der Waals surface area contributed by atoms with Gasteiger partial charge in [0.25, 0.3) is 0 Å². The first-order valence-corrected chi connectivity index (χ1v) is 9.91. The van der Waals surface area contributed by atoms with Crippen LogP contribution < -0.4 is 15.4 Å². The molecule has 2 heterocycles. The van der Waals surface area contributed by atoms with Crippen molar-refractivity contribution >= 4 is 23.1 Å². The molecule has 1 aliphatic carbocycles. The standard InChI is InChI=1S/C23H22N4O2/c1-14-13-24-23(29-19-11-15-4-2-3-5-16(15)12-19)27-22(14)25-18-7-8-20-17(10-18)6-9-21(28)26-20/h2-5,7-8,10,13,19H,6,9,11-12H2,1H3,(H,26,28)(H,24,25,27). The van der Waals surface area contributed by atoms with Gasteiger partial charge in [-0.1, -0.05) is 24.3 Å². The molecule has 29 heavy (non-hydrogen) atoms. The second kappa shape index (κ2) is 7.20. The largest absolute Gasteiger partial charge is 0.459 e. The van der Waals surface area contributed by atoms with Crippen molar-refractivity contribution in [3.8, 4) is 6.01 Å². The van der Waals surface area contributed by atoms with E-state index in [1.165, 1.54) is 11.1 Å². The highest BCUT2D eigenvalue weighted by Crippen LogP contribution is 2.29. The van der Waals surface area contributed by atoms with Gasteiger partial charge in [-0.3, -0.25) is 4.79 Å². The zero-order valence-electron chi connectivity index (χ0n) is 16.2. The van der Waals surface area contributed by atoms with Crippen molar-refractivity contribution in [2.45, 2.75) is 38.7 Å². The van der Waals surface area contributed by atoms with Crippen molar-refractivity contribution in [3.05, 3.63) is 70.9 Å². The van der Waals surface area contributed by atoms with Crippen LogP contribution in [0, 0.1) is 6.92 Å². The molecule has 6 heteroatoms. The van der Waals surface area contributed by atoms with E-state index in [1.54, 1.807) is 6.20 Å². The highest BCUT2D eigenvalue weighted by atomic mass is 16.5. The molecule has 0 fully saturated rings. The topological polar surface area (TPSA) is 76.1 Å². The summed E-state index contributed by atoms with van der Waals surface area (Å²) in [4.78, 5) is 20.5. The van der Waals surface area contributed by atoms with Crippen LogP contribution >= 0.6 is 0 Å². The number of aromatic nitrogens is 2. The van der Waals surface area contributed by atoms with Crippen molar-refractivity contribution < 1.29 is 9.53 Å². The quantitative estimate of drug-likeness (QED) is 0.710. The van der Waals surface area contributed by atoms with E-state index in [2.05, 4.69) is 50.9 Å². The number of hydrogen-bond donors (Lipinski definition) is 2. The molecule has 0 bridgehead atoms. The molecule has 0 radical (unpaired) electrons. The maximum atomic E-state index is 11.5. The minimum Gasteiger partial charge on any atom is -0.459 e. The van der Waals surface area contributed by atoms with E-state index in [0.29, 0.717) is 12.4 Å². The second-order valence-corrected chi connectivity index (χ2v) is 7.65. The van der Waals surface area contributed by atoms with Gasteiger partial charge in [0.15, 0.2) is 0 Å². The Morgan fingerprint density at radius 1 is 1.07 bits per heavy atom. The molecule has 6 nitrogen and oxygen atoms in total. The third-order valence-corrected chi connectivity index (χ3v) is 5.50. The predicted molar refractivity (Wildman–Crippen MR) is 112 cm³/mol. The Hall–Kier alpha value is -3.41. The Morgan fingerprint density at radius 2 is 1.86 bits per heavy atom. The summed E-state index contributed by atoms with van der Waals surface area (Å²) in [5, 5.41) is 6.28.